The average molecular weight is 585 g/mol. The van der Waals surface area contributed by atoms with Crippen molar-refractivity contribution in [2.45, 2.75) is 77.4 Å². The highest BCUT2D eigenvalue weighted by atomic mass is 19.3. The summed E-state index contributed by atoms with van der Waals surface area (Å²) < 4.78 is 39.6. The highest BCUT2D eigenvalue weighted by Crippen LogP contribution is 2.41. The number of benzene rings is 2. The number of carbonyl (C=O) groups is 1. The molecule has 2 aromatic carbocycles. The number of aliphatic hydroxyl groups is 1. The Hall–Kier alpha value is -3.13. The third-order valence-electron chi connectivity index (χ3n) is 8.95. The van der Waals surface area contributed by atoms with Gasteiger partial charge >= 0.3 is 0 Å². The fourth-order valence-electron chi connectivity index (χ4n) is 6.46. The molecule has 3 aliphatic rings. The van der Waals surface area contributed by atoms with Crippen molar-refractivity contribution in [2.24, 2.45) is 11.8 Å². The molecule has 2 aromatic rings. The smallest absolute Gasteiger partial charge is 0.280 e. The summed E-state index contributed by atoms with van der Waals surface area (Å²) in [7, 11) is 5.62. The third kappa shape index (κ3) is 6.59. The van der Waals surface area contributed by atoms with E-state index >= 15 is 0 Å². The molecule has 5 rings (SSSR count). The number of rotatable bonds is 10. The van der Waals surface area contributed by atoms with Crippen molar-refractivity contribution >= 4 is 11.6 Å². The number of carbonyl (C=O) groups excluding carboxylic acids is 1. The Bertz CT molecular complexity index is 1280. The topological polar surface area (TPSA) is 62.2 Å². The number of hydrogen-bond donors (Lipinski definition) is 1. The van der Waals surface area contributed by atoms with Gasteiger partial charge in [0.05, 0.1) is 13.2 Å². The zero-order chi connectivity index (χ0) is 29.3. The first-order valence-electron chi connectivity index (χ1n) is 14.7. The van der Waals surface area contributed by atoms with Crippen molar-refractivity contribution in [2.75, 3.05) is 34.3 Å². The van der Waals surface area contributed by atoms with E-state index < -0.39 is 17.9 Å². The Kier molecular flexibility index (Phi) is 9.86. The van der Waals surface area contributed by atoms with Crippen LogP contribution in [0.15, 0.2) is 48.0 Å². The number of ether oxygens (including phenoxy) is 2. The van der Waals surface area contributed by atoms with Gasteiger partial charge in [-0.1, -0.05) is 19.6 Å². The molecule has 1 aliphatic heterocycles. The molecule has 3 fully saturated rings. The molecule has 1 atom stereocenters. The van der Waals surface area contributed by atoms with Gasteiger partial charge in [-0.3, -0.25) is 4.79 Å². The van der Waals surface area contributed by atoms with Gasteiger partial charge in [0.15, 0.2) is 0 Å². The lowest BCUT2D eigenvalue weighted by Crippen LogP contribution is -2.53. The fourth-order valence-corrected chi connectivity index (χ4v) is 6.46. The standard InChI is InChI=1S/C33H42F2N2O4.CH4/c1-21-16-27(10-11-29(21)30(36(2)3)24-8-9-24)41-28-18-23(19-28)17-22-12-14-37(15-13-22)32(38)33(39,31(34)35)25-6-5-7-26(20-25)40-4;/h5-7,10-11,16,20,22-23,28,31,39H,8-9,12-15,17-19H2,1-4H3;1H4/t23?,28?,33-;/m1./s1. The van der Waals surface area contributed by atoms with Crippen LogP contribution in [0, 0.1) is 18.8 Å². The summed E-state index contributed by atoms with van der Waals surface area (Å²) in [6, 6.07) is 12.1. The molecule has 2 saturated carbocycles. The minimum Gasteiger partial charge on any atom is -0.497 e. The van der Waals surface area contributed by atoms with Gasteiger partial charge in [0.2, 0.25) is 5.60 Å². The number of halogens is 2. The van der Waals surface area contributed by atoms with Crippen molar-refractivity contribution < 1.29 is 28.2 Å². The SMILES string of the molecule is C.COc1cccc([C@](O)(C(=O)N2CCC(CC3CC(Oc4ccc(C(=C5CC5)N(C)C)c(C)c4)C3)CC2)C(F)F)c1. The molecule has 6 nitrogen and oxygen atoms in total. The van der Waals surface area contributed by atoms with Crippen LogP contribution >= 0.6 is 0 Å². The molecule has 0 bridgehead atoms. The van der Waals surface area contributed by atoms with E-state index in [4.69, 9.17) is 9.47 Å². The van der Waals surface area contributed by atoms with E-state index in [1.54, 1.807) is 6.07 Å². The second-order valence-corrected chi connectivity index (χ2v) is 12.2. The van der Waals surface area contributed by atoms with Gasteiger partial charge < -0.3 is 24.4 Å². The summed E-state index contributed by atoms with van der Waals surface area (Å²) >= 11 is 0. The van der Waals surface area contributed by atoms with Crippen LogP contribution in [0.3, 0.4) is 0 Å². The minimum absolute atomic E-state index is 0. The van der Waals surface area contributed by atoms with E-state index in [1.807, 2.05) is 0 Å². The largest absolute Gasteiger partial charge is 0.497 e. The second-order valence-electron chi connectivity index (χ2n) is 12.2. The number of amides is 1. The van der Waals surface area contributed by atoms with Crippen LogP contribution in [-0.4, -0.2) is 67.6 Å². The Balaban J connectivity index is 0.00000405. The number of aryl methyl sites for hydroxylation is 1. The van der Waals surface area contributed by atoms with Gasteiger partial charge in [-0.25, -0.2) is 8.78 Å². The highest BCUT2D eigenvalue weighted by molar-refractivity contribution is 5.87. The quantitative estimate of drug-likeness (QED) is 0.339. The molecule has 2 aliphatic carbocycles. The highest BCUT2D eigenvalue weighted by Gasteiger charge is 2.50. The molecule has 42 heavy (non-hydrogen) atoms. The lowest BCUT2D eigenvalue weighted by molar-refractivity contribution is -0.173. The zero-order valence-corrected chi connectivity index (χ0v) is 24.5. The molecule has 1 saturated heterocycles. The first-order valence-corrected chi connectivity index (χ1v) is 14.7. The Morgan fingerprint density at radius 3 is 2.33 bits per heavy atom. The van der Waals surface area contributed by atoms with E-state index in [-0.39, 0.29) is 19.1 Å². The summed E-state index contributed by atoms with van der Waals surface area (Å²) in [5.41, 5.74) is 2.33. The number of methoxy groups -OCH3 is 1. The van der Waals surface area contributed by atoms with Gasteiger partial charge in [0.25, 0.3) is 12.3 Å². The maximum absolute atomic E-state index is 14.1. The van der Waals surface area contributed by atoms with E-state index in [2.05, 4.69) is 44.1 Å². The minimum atomic E-state index is -3.25. The molecule has 0 aromatic heterocycles. The van der Waals surface area contributed by atoms with E-state index in [0.717, 1.165) is 37.9 Å². The summed E-state index contributed by atoms with van der Waals surface area (Å²) in [5, 5.41) is 10.9. The first-order chi connectivity index (χ1) is 19.6. The number of allylic oxidation sites excluding steroid dienone is 1. The van der Waals surface area contributed by atoms with Crippen molar-refractivity contribution in [1.82, 2.24) is 9.80 Å². The zero-order valence-electron chi connectivity index (χ0n) is 24.5. The Morgan fingerprint density at radius 2 is 1.76 bits per heavy atom. The number of alkyl halides is 2. The number of piperidine rings is 1. The van der Waals surface area contributed by atoms with E-state index in [9.17, 15) is 18.7 Å². The van der Waals surface area contributed by atoms with Crippen LogP contribution in [0.25, 0.3) is 5.70 Å². The van der Waals surface area contributed by atoms with Crippen LogP contribution < -0.4 is 9.47 Å². The van der Waals surface area contributed by atoms with Crippen molar-refractivity contribution in [3.63, 3.8) is 0 Å². The second kappa shape index (κ2) is 13.0. The molecular weight excluding hydrogens is 538 g/mol. The predicted molar refractivity (Wildman–Crippen MR) is 162 cm³/mol. The lowest BCUT2D eigenvalue weighted by atomic mass is 9.74. The van der Waals surface area contributed by atoms with Crippen molar-refractivity contribution in [1.29, 1.82) is 0 Å². The molecular formula is C34H46F2N2O4. The van der Waals surface area contributed by atoms with Crippen LogP contribution in [0.1, 0.15) is 69.1 Å². The Morgan fingerprint density at radius 1 is 1.07 bits per heavy atom. The molecule has 0 radical (unpaired) electrons. The van der Waals surface area contributed by atoms with Crippen molar-refractivity contribution in [3.8, 4) is 11.5 Å². The molecule has 1 N–H and O–H groups in total. The van der Waals surface area contributed by atoms with E-state index in [1.165, 1.54) is 65.4 Å². The summed E-state index contributed by atoms with van der Waals surface area (Å²) in [6.07, 6.45) is 3.89. The number of hydrogen-bond acceptors (Lipinski definition) is 5. The summed E-state index contributed by atoms with van der Waals surface area (Å²) in [5.74, 6) is 1.30. The van der Waals surface area contributed by atoms with Crippen molar-refractivity contribution in [3.05, 3.63) is 64.7 Å². The van der Waals surface area contributed by atoms with E-state index in [0.29, 0.717) is 30.7 Å². The maximum Gasteiger partial charge on any atom is 0.280 e. The fraction of sp³-hybridized carbons (Fsp3) is 0.559. The van der Waals surface area contributed by atoms with Gasteiger partial charge in [-0.15, -0.1) is 0 Å². The van der Waals surface area contributed by atoms with Crippen LogP contribution in [0.4, 0.5) is 8.78 Å². The molecule has 1 heterocycles. The third-order valence-corrected chi connectivity index (χ3v) is 8.95. The number of nitrogens with zero attached hydrogens (tertiary/aromatic N) is 2. The molecule has 230 valence electrons. The van der Waals surface area contributed by atoms with Gasteiger partial charge in [-0.2, -0.15) is 0 Å². The number of likely N-dealkylation sites (tertiary alicyclic amines) is 1. The van der Waals surface area contributed by atoms with Gasteiger partial charge in [0, 0.05) is 44.0 Å². The first kappa shape index (κ1) is 31.8. The van der Waals surface area contributed by atoms with Gasteiger partial charge in [-0.05, 0) is 105 Å². The monoisotopic (exact) mass is 584 g/mol. The summed E-state index contributed by atoms with van der Waals surface area (Å²) in [4.78, 5) is 16.8. The molecule has 0 spiro atoms. The molecule has 8 heteroatoms. The predicted octanol–water partition coefficient (Wildman–Crippen LogP) is 6.65. The van der Waals surface area contributed by atoms with Gasteiger partial charge in [0.1, 0.15) is 11.5 Å². The average Bonchev–Trinajstić information content (AvgIpc) is 3.77. The Labute approximate surface area is 249 Å². The van der Waals surface area contributed by atoms with Crippen LogP contribution in [-0.2, 0) is 10.4 Å². The molecule has 0 unspecified atom stereocenters. The summed E-state index contributed by atoms with van der Waals surface area (Å²) in [6.45, 7) is 2.88. The van der Waals surface area contributed by atoms with Crippen LogP contribution in [0.2, 0.25) is 0 Å². The normalized spacial score (nSPS) is 21.6. The molecule has 1 amide bonds. The lowest BCUT2D eigenvalue weighted by Gasteiger charge is -2.41. The van der Waals surface area contributed by atoms with Crippen LogP contribution in [0.5, 0.6) is 11.5 Å². The maximum atomic E-state index is 14.1.